The zero-order valence-electron chi connectivity index (χ0n) is 9.93. The fraction of sp³-hybridized carbons (Fsp3) is 0.900. The maximum Gasteiger partial charge on any atom is 0.403 e. The van der Waals surface area contributed by atoms with Crippen molar-refractivity contribution in [1.29, 1.82) is 0 Å². The van der Waals surface area contributed by atoms with Crippen molar-refractivity contribution in [3.63, 3.8) is 0 Å². The Hall–Kier alpha value is -0.320. The lowest BCUT2D eigenvalue weighted by Gasteiger charge is -2.28. The van der Waals surface area contributed by atoms with Crippen LogP contribution in [0.5, 0.6) is 0 Å². The molecule has 0 atom stereocenters. The maximum atomic E-state index is 10.3. The molecular formula is C10H19ClO4. The topological polar surface area (TPSA) is 44.8 Å². The molecule has 0 rings (SSSR count). The SMILES string of the molecule is CC(C)(C)OOC(C)(C)CCOC(=O)Cl. The molecule has 0 spiro atoms. The number of rotatable bonds is 5. The molecule has 0 saturated heterocycles. The molecule has 0 aromatic heterocycles. The Morgan fingerprint density at radius 1 is 1.13 bits per heavy atom. The van der Waals surface area contributed by atoms with Gasteiger partial charge < -0.3 is 4.74 Å². The number of ether oxygens (including phenoxy) is 1. The van der Waals surface area contributed by atoms with Crippen molar-refractivity contribution in [1.82, 2.24) is 0 Å². The van der Waals surface area contributed by atoms with E-state index in [2.05, 4.69) is 4.74 Å². The lowest BCUT2D eigenvalue weighted by Crippen LogP contribution is -2.31. The number of halogens is 1. The first-order valence-corrected chi connectivity index (χ1v) is 5.19. The highest BCUT2D eigenvalue weighted by Crippen LogP contribution is 2.19. The molecule has 5 heteroatoms. The van der Waals surface area contributed by atoms with Crippen LogP contribution in [0.1, 0.15) is 41.0 Å². The first-order chi connectivity index (χ1) is 6.62. The van der Waals surface area contributed by atoms with Crippen LogP contribution in [0.25, 0.3) is 0 Å². The molecule has 0 aliphatic rings. The van der Waals surface area contributed by atoms with E-state index in [-0.39, 0.29) is 12.2 Å². The van der Waals surface area contributed by atoms with Gasteiger partial charge in [-0.05, 0) is 34.6 Å². The summed E-state index contributed by atoms with van der Waals surface area (Å²) < 4.78 is 4.60. The molecule has 0 aromatic rings. The summed E-state index contributed by atoms with van der Waals surface area (Å²) in [5.41, 5.74) is -1.68. The summed E-state index contributed by atoms with van der Waals surface area (Å²) in [7, 11) is 0. The average Bonchev–Trinajstić information content (AvgIpc) is 1.99. The first kappa shape index (κ1) is 14.7. The number of hydrogen-bond donors (Lipinski definition) is 0. The van der Waals surface area contributed by atoms with Crippen LogP contribution in [0, 0.1) is 0 Å². The Kier molecular flexibility index (Phi) is 5.56. The molecule has 0 heterocycles. The lowest BCUT2D eigenvalue weighted by atomic mass is 10.1. The molecule has 0 aromatic carbocycles. The van der Waals surface area contributed by atoms with E-state index in [9.17, 15) is 4.79 Å². The minimum absolute atomic E-state index is 0.211. The zero-order chi connectivity index (χ0) is 12.1. The molecule has 0 unspecified atom stereocenters. The van der Waals surface area contributed by atoms with Gasteiger partial charge in [0.05, 0.1) is 12.2 Å². The molecule has 0 aliphatic heterocycles. The zero-order valence-corrected chi connectivity index (χ0v) is 10.7. The Morgan fingerprint density at radius 3 is 2.07 bits per heavy atom. The van der Waals surface area contributed by atoms with Crippen LogP contribution < -0.4 is 0 Å². The minimum Gasteiger partial charge on any atom is -0.454 e. The second kappa shape index (κ2) is 5.68. The number of hydrogen-bond acceptors (Lipinski definition) is 4. The highest BCUT2D eigenvalue weighted by atomic mass is 35.5. The van der Waals surface area contributed by atoms with E-state index in [1.807, 2.05) is 34.6 Å². The van der Waals surface area contributed by atoms with Crippen LogP contribution in [0.3, 0.4) is 0 Å². The molecule has 4 nitrogen and oxygen atoms in total. The molecule has 15 heavy (non-hydrogen) atoms. The van der Waals surface area contributed by atoms with E-state index in [0.29, 0.717) is 6.42 Å². The normalized spacial score (nSPS) is 12.7. The monoisotopic (exact) mass is 238 g/mol. The van der Waals surface area contributed by atoms with Gasteiger partial charge in [0.2, 0.25) is 0 Å². The van der Waals surface area contributed by atoms with Crippen LogP contribution in [-0.2, 0) is 14.5 Å². The molecule has 0 bridgehead atoms. The van der Waals surface area contributed by atoms with E-state index >= 15 is 0 Å². The Balaban J connectivity index is 3.81. The van der Waals surface area contributed by atoms with Crippen molar-refractivity contribution in [3.8, 4) is 0 Å². The summed E-state index contributed by atoms with van der Waals surface area (Å²) in [5, 5.41) is 0. The average molecular weight is 239 g/mol. The molecule has 0 fully saturated rings. The molecule has 0 amide bonds. The lowest BCUT2D eigenvalue weighted by molar-refractivity contribution is -0.398. The number of carbonyl (C=O) groups excluding carboxylic acids is 1. The van der Waals surface area contributed by atoms with Gasteiger partial charge in [0.1, 0.15) is 5.60 Å². The van der Waals surface area contributed by atoms with Gasteiger partial charge in [-0.25, -0.2) is 14.6 Å². The minimum atomic E-state index is -0.803. The van der Waals surface area contributed by atoms with Crippen LogP contribution in [0.15, 0.2) is 0 Å². The Bertz CT molecular complexity index is 208. The third-order valence-corrected chi connectivity index (χ3v) is 1.55. The fourth-order valence-electron chi connectivity index (χ4n) is 0.657. The summed E-state index contributed by atoms with van der Waals surface area (Å²) >= 11 is 5.02. The van der Waals surface area contributed by atoms with Crippen LogP contribution in [0.4, 0.5) is 4.79 Å². The fourth-order valence-corrected chi connectivity index (χ4v) is 0.734. The van der Waals surface area contributed by atoms with Gasteiger partial charge in [0, 0.05) is 18.0 Å². The molecule has 0 saturated carbocycles. The quantitative estimate of drug-likeness (QED) is 0.419. The standard InChI is InChI=1S/C10H19ClO4/c1-9(2,3)14-15-10(4,5)6-7-13-8(11)12/h6-7H2,1-5H3. The van der Waals surface area contributed by atoms with Crippen molar-refractivity contribution in [2.24, 2.45) is 0 Å². The smallest absolute Gasteiger partial charge is 0.403 e. The predicted molar refractivity (Wildman–Crippen MR) is 57.8 cm³/mol. The third kappa shape index (κ3) is 9.97. The van der Waals surface area contributed by atoms with E-state index in [1.165, 1.54) is 0 Å². The molecule has 0 radical (unpaired) electrons. The highest BCUT2D eigenvalue weighted by Gasteiger charge is 2.24. The van der Waals surface area contributed by atoms with Gasteiger partial charge in [-0.15, -0.1) is 0 Å². The highest BCUT2D eigenvalue weighted by molar-refractivity contribution is 6.61. The first-order valence-electron chi connectivity index (χ1n) is 4.81. The van der Waals surface area contributed by atoms with Crippen molar-refractivity contribution in [2.75, 3.05) is 6.61 Å². The molecule has 90 valence electrons. The van der Waals surface area contributed by atoms with Crippen LogP contribution >= 0.6 is 11.6 Å². The van der Waals surface area contributed by atoms with E-state index < -0.39 is 11.0 Å². The van der Waals surface area contributed by atoms with Gasteiger partial charge in [-0.2, -0.15) is 0 Å². The summed E-state index contributed by atoms with van der Waals surface area (Å²) in [4.78, 5) is 20.7. The van der Waals surface area contributed by atoms with Gasteiger partial charge in [0.25, 0.3) is 0 Å². The maximum absolute atomic E-state index is 10.3. The van der Waals surface area contributed by atoms with Gasteiger partial charge in [0.15, 0.2) is 0 Å². The predicted octanol–water partition coefficient (Wildman–Crippen LogP) is 3.28. The summed E-state index contributed by atoms with van der Waals surface area (Å²) in [6, 6.07) is 0. The Labute approximate surface area is 95.8 Å². The molecular weight excluding hydrogens is 220 g/mol. The second-order valence-corrected chi connectivity index (χ2v) is 5.18. The van der Waals surface area contributed by atoms with Crippen molar-refractivity contribution in [2.45, 2.75) is 52.2 Å². The van der Waals surface area contributed by atoms with Gasteiger partial charge in [-0.1, -0.05) is 0 Å². The van der Waals surface area contributed by atoms with Crippen LogP contribution in [0.2, 0.25) is 0 Å². The van der Waals surface area contributed by atoms with E-state index in [0.717, 1.165) is 0 Å². The largest absolute Gasteiger partial charge is 0.454 e. The van der Waals surface area contributed by atoms with Crippen molar-refractivity contribution >= 4 is 17.0 Å². The van der Waals surface area contributed by atoms with Crippen molar-refractivity contribution < 1.29 is 19.3 Å². The molecule has 0 N–H and O–H groups in total. The molecule has 0 aliphatic carbocycles. The van der Waals surface area contributed by atoms with E-state index in [4.69, 9.17) is 21.4 Å². The van der Waals surface area contributed by atoms with Gasteiger partial charge in [-0.3, -0.25) is 0 Å². The van der Waals surface area contributed by atoms with Gasteiger partial charge >= 0.3 is 5.43 Å². The number of carbonyl (C=O) groups is 1. The van der Waals surface area contributed by atoms with Crippen LogP contribution in [-0.4, -0.2) is 23.2 Å². The van der Waals surface area contributed by atoms with Crippen molar-refractivity contribution in [3.05, 3.63) is 0 Å². The summed E-state index contributed by atoms with van der Waals surface area (Å²) in [6.07, 6.45) is 0.515. The second-order valence-electron chi connectivity index (χ2n) is 4.87. The third-order valence-electron chi connectivity index (χ3n) is 1.44. The Morgan fingerprint density at radius 2 is 1.67 bits per heavy atom. The summed E-state index contributed by atoms with van der Waals surface area (Å²) in [6.45, 7) is 9.58. The van der Waals surface area contributed by atoms with E-state index in [1.54, 1.807) is 0 Å². The summed E-state index contributed by atoms with van der Waals surface area (Å²) in [5.74, 6) is 0.